The third kappa shape index (κ3) is 8.21. The molecule has 156 valence electrons. The molecule has 28 heavy (non-hydrogen) atoms. The van der Waals surface area contributed by atoms with Crippen LogP contribution in [0.5, 0.6) is 11.5 Å². The van der Waals surface area contributed by atoms with Crippen LogP contribution < -0.4 is 14.8 Å². The molecule has 6 heteroatoms. The van der Waals surface area contributed by atoms with Crippen LogP contribution in [0.3, 0.4) is 0 Å². The number of esters is 2. The van der Waals surface area contributed by atoms with E-state index in [1.54, 1.807) is 26.8 Å². The van der Waals surface area contributed by atoms with E-state index in [0.717, 1.165) is 0 Å². The topological polar surface area (TPSA) is 81.7 Å². The molecule has 0 bridgehead atoms. The number of ketones is 1. The van der Waals surface area contributed by atoms with Gasteiger partial charge in [-0.15, -0.1) is 0 Å². The molecule has 0 fully saturated rings. The summed E-state index contributed by atoms with van der Waals surface area (Å²) in [4.78, 5) is 36.9. The third-order valence-electron chi connectivity index (χ3n) is 3.66. The van der Waals surface area contributed by atoms with E-state index in [1.165, 1.54) is 12.1 Å². The van der Waals surface area contributed by atoms with Crippen LogP contribution in [0.25, 0.3) is 0 Å². The molecule has 1 N–H and O–H groups in total. The van der Waals surface area contributed by atoms with Crippen molar-refractivity contribution in [2.24, 2.45) is 11.3 Å². The average molecular weight is 392 g/mol. The molecule has 0 atom stereocenters. The van der Waals surface area contributed by atoms with Gasteiger partial charge in [-0.25, -0.2) is 0 Å². The second-order valence-corrected chi connectivity index (χ2v) is 9.40. The van der Waals surface area contributed by atoms with Crippen LogP contribution in [0.15, 0.2) is 18.2 Å². The number of carbonyl (C=O) groups is 3. The Morgan fingerprint density at radius 2 is 1.57 bits per heavy atom. The Bertz CT molecular complexity index is 723. The second-order valence-electron chi connectivity index (χ2n) is 9.40. The quantitative estimate of drug-likeness (QED) is 0.427. The lowest BCUT2D eigenvalue weighted by molar-refractivity contribution is -0.143. The fraction of sp³-hybridized carbons (Fsp3) is 0.591. The molecule has 0 heterocycles. The summed E-state index contributed by atoms with van der Waals surface area (Å²) >= 11 is 0. The molecule has 0 aliphatic heterocycles. The van der Waals surface area contributed by atoms with Gasteiger partial charge in [0.2, 0.25) is 0 Å². The zero-order valence-corrected chi connectivity index (χ0v) is 18.3. The molecule has 0 aliphatic carbocycles. The maximum Gasteiger partial charge on any atom is 0.316 e. The van der Waals surface area contributed by atoms with Gasteiger partial charge in [0.25, 0.3) is 0 Å². The molecule has 0 spiro atoms. The molecule has 0 unspecified atom stereocenters. The number of rotatable bonds is 7. The Labute approximate surface area is 168 Å². The van der Waals surface area contributed by atoms with Crippen LogP contribution in [0.1, 0.15) is 72.2 Å². The number of Topliss-reactive ketones (excluding diaryl/α,β-unsaturated/α-hetero) is 1. The van der Waals surface area contributed by atoms with E-state index in [0.29, 0.717) is 5.56 Å². The highest BCUT2D eigenvalue weighted by molar-refractivity contribution is 5.98. The summed E-state index contributed by atoms with van der Waals surface area (Å²) in [5, 5.41) is 3.13. The zero-order valence-electron chi connectivity index (χ0n) is 18.3. The molecule has 0 saturated heterocycles. The standard InChI is InChI=1S/C22H33NO5/c1-14(2)11-19(25)27-18-12-15(16(24)13-23-22(6,7)8)9-10-17(18)28-20(26)21(3,4)5/h9-10,12,14,23H,11,13H2,1-8H3. The van der Waals surface area contributed by atoms with Crippen LogP contribution in [0, 0.1) is 11.3 Å². The van der Waals surface area contributed by atoms with Crippen molar-refractivity contribution in [2.45, 2.75) is 67.3 Å². The SMILES string of the molecule is CC(C)CC(=O)Oc1cc(C(=O)CNC(C)(C)C)ccc1OC(=O)C(C)(C)C. The Morgan fingerprint density at radius 3 is 2.07 bits per heavy atom. The minimum absolute atomic E-state index is 0.0739. The Morgan fingerprint density at radius 1 is 0.964 bits per heavy atom. The first kappa shape index (κ1) is 23.8. The highest BCUT2D eigenvalue weighted by Crippen LogP contribution is 2.31. The Hall–Kier alpha value is -2.21. The highest BCUT2D eigenvalue weighted by Gasteiger charge is 2.26. The molecular formula is C22H33NO5. The fourth-order valence-corrected chi connectivity index (χ4v) is 2.04. The normalized spacial score (nSPS) is 12.0. The highest BCUT2D eigenvalue weighted by atomic mass is 16.6. The molecule has 0 aromatic heterocycles. The van der Waals surface area contributed by atoms with E-state index >= 15 is 0 Å². The second kappa shape index (κ2) is 9.32. The van der Waals surface area contributed by atoms with Crippen molar-refractivity contribution in [1.82, 2.24) is 5.32 Å². The maximum atomic E-state index is 12.5. The summed E-state index contributed by atoms with van der Waals surface area (Å²) < 4.78 is 10.8. The lowest BCUT2D eigenvalue weighted by Gasteiger charge is -2.20. The fourth-order valence-electron chi connectivity index (χ4n) is 2.04. The van der Waals surface area contributed by atoms with Gasteiger partial charge in [-0.1, -0.05) is 13.8 Å². The van der Waals surface area contributed by atoms with Crippen LogP contribution in [0.4, 0.5) is 0 Å². The van der Waals surface area contributed by atoms with Gasteiger partial charge >= 0.3 is 11.9 Å². The van der Waals surface area contributed by atoms with Crippen molar-refractivity contribution in [3.63, 3.8) is 0 Å². The monoisotopic (exact) mass is 391 g/mol. The summed E-state index contributed by atoms with van der Waals surface area (Å²) in [6, 6.07) is 4.51. The van der Waals surface area contributed by atoms with Crippen LogP contribution >= 0.6 is 0 Å². The number of ether oxygens (including phenoxy) is 2. The average Bonchev–Trinajstić information content (AvgIpc) is 2.51. The van der Waals surface area contributed by atoms with Crippen molar-refractivity contribution >= 4 is 17.7 Å². The summed E-state index contributed by atoms with van der Waals surface area (Å²) in [5.74, 6) is -0.733. The summed E-state index contributed by atoms with van der Waals surface area (Å²) in [6.07, 6.45) is 0.219. The van der Waals surface area contributed by atoms with Crippen molar-refractivity contribution in [1.29, 1.82) is 0 Å². The predicted molar refractivity (Wildman–Crippen MR) is 109 cm³/mol. The van der Waals surface area contributed by atoms with Gasteiger partial charge in [0.1, 0.15) is 0 Å². The van der Waals surface area contributed by atoms with Gasteiger partial charge in [0.15, 0.2) is 17.3 Å². The number of nitrogens with one attached hydrogen (secondary N) is 1. The first-order valence-corrected chi connectivity index (χ1v) is 9.54. The molecule has 0 aliphatic rings. The molecule has 6 nitrogen and oxygen atoms in total. The summed E-state index contributed by atoms with van der Waals surface area (Å²) in [6.45, 7) is 15.0. The van der Waals surface area contributed by atoms with Gasteiger partial charge in [-0.3, -0.25) is 14.4 Å². The van der Waals surface area contributed by atoms with Gasteiger partial charge < -0.3 is 14.8 Å². The van der Waals surface area contributed by atoms with E-state index < -0.39 is 17.4 Å². The van der Waals surface area contributed by atoms with E-state index in [9.17, 15) is 14.4 Å². The van der Waals surface area contributed by atoms with E-state index in [-0.39, 0.29) is 41.7 Å². The Balaban J connectivity index is 3.13. The first-order chi connectivity index (χ1) is 12.7. The third-order valence-corrected chi connectivity index (χ3v) is 3.66. The Kier molecular flexibility index (Phi) is 7.94. The first-order valence-electron chi connectivity index (χ1n) is 9.54. The lowest BCUT2D eigenvalue weighted by Crippen LogP contribution is -2.39. The number of carbonyl (C=O) groups excluding carboxylic acids is 3. The molecule has 0 saturated carbocycles. The van der Waals surface area contributed by atoms with Gasteiger partial charge in [0.05, 0.1) is 12.0 Å². The zero-order chi connectivity index (χ0) is 21.7. The summed E-state index contributed by atoms with van der Waals surface area (Å²) in [5.41, 5.74) is -0.547. The molecular weight excluding hydrogens is 358 g/mol. The molecule has 1 rings (SSSR count). The number of hydrogen-bond donors (Lipinski definition) is 1. The van der Waals surface area contributed by atoms with Crippen LogP contribution in [-0.2, 0) is 9.59 Å². The predicted octanol–water partition coefficient (Wildman–Crippen LogP) is 4.16. The van der Waals surface area contributed by atoms with E-state index in [2.05, 4.69) is 5.32 Å². The van der Waals surface area contributed by atoms with Crippen molar-refractivity contribution < 1.29 is 23.9 Å². The molecule has 1 aromatic carbocycles. The largest absolute Gasteiger partial charge is 0.422 e. The minimum Gasteiger partial charge on any atom is -0.422 e. The number of benzene rings is 1. The molecule has 1 aromatic rings. The lowest BCUT2D eigenvalue weighted by atomic mass is 9.97. The van der Waals surface area contributed by atoms with Crippen LogP contribution in [0.2, 0.25) is 0 Å². The van der Waals surface area contributed by atoms with Gasteiger partial charge in [0, 0.05) is 17.5 Å². The van der Waals surface area contributed by atoms with Gasteiger partial charge in [-0.05, 0) is 65.7 Å². The summed E-state index contributed by atoms with van der Waals surface area (Å²) in [7, 11) is 0. The van der Waals surface area contributed by atoms with Crippen LogP contribution in [-0.4, -0.2) is 29.8 Å². The smallest absolute Gasteiger partial charge is 0.316 e. The van der Waals surface area contributed by atoms with Crippen molar-refractivity contribution in [3.8, 4) is 11.5 Å². The maximum absolute atomic E-state index is 12.5. The molecule has 0 amide bonds. The van der Waals surface area contributed by atoms with Crippen molar-refractivity contribution in [2.75, 3.05) is 6.54 Å². The minimum atomic E-state index is -0.718. The number of hydrogen-bond acceptors (Lipinski definition) is 6. The van der Waals surface area contributed by atoms with E-state index in [1.807, 2.05) is 34.6 Å². The molecule has 0 radical (unpaired) electrons. The van der Waals surface area contributed by atoms with Crippen molar-refractivity contribution in [3.05, 3.63) is 23.8 Å². The van der Waals surface area contributed by atoms with Gasteiger partial charge in [-0.2, -0.15) is 0 Å². The van der Waals surface area contributed by atoms with E-state index in [4.69, 9.17) is 9.47 Å².